The van der Waals surface area contributed by atoms with Crippen LogP contribution in [0.5, 0.6) is 0 Å². The molecule has 0 spiro atoms. The first-order chi connectivity index (χ1) is 8.31. The predicted octanol–water partition coefficient (Wildman–Crippen LogP) is 1.89. The van der Waals surface area contributed by atoms with E-state index in [0.29, 0.717) is 6.04 Å². The van der Waals surface area contributed by atoms with E-state index in [0.717, 1.165) is 18.7 Å². The van der Waals surface area contributed by atoms with Crippen molar-refractivity contribution in [3.63, 3.8) is 0 Å². The van der Waals surface area contributed by atoms with E-state index in [2.05, 4.69) is 40.2 Å². The fourth-order valence-electron chi connectivity index (χ4n) is 2.47. The standard InChI is InChI=1S/C13H17N3O/c1-9-8-17-12(7-14-2)13-10-5-3-4-6-11(10)15-16(9)13/h3-6,9,12,14H,7-8H2,1-2H3/t9-,12+/m0/s1. The van der Waals surface area contributed by atoms with Crippen LogP contribution in [0.1, 0.15) is 24.8 Å². The number of hydrogen-bond donors (Lipinski definition) is 1. The number of nitrogens with zero attached hydrogens (tertiary/aromatic N) is 2. The summed E-state index contributed by atoms with van der Waals surface area (Å²) in [5.74, 6) is 0. The molecule has 1 aromatic heterocycles. The van der Waals surface area contributed by atoms with Crippen molar-refractivity contribution in [2.75, 3.05) is 20.2 Å². The van der Waals surface area contributed by atoms with E-state index < -0.39 is 0 Å². The van der Waals surface area contributed by atoms with Gasteiger partial charge in [-0.15, -0.1) is 0 Å². The molecule has 2 atom stereocenters. The predicted molar refractivity (Wildman–Crippen MR) is 67.1 cm³/mol. The second-order valence-corrected chi connectivity index (χ2v) is 4.58. The molecule has 2 heterocycles. The Morgan fingerprint density at radius 3 is 3.12 bits per heavy atom. The molecular formula is C13H17N3O. The van der Waals surface area contributed by atoms with Crippen LogP contribution in [0.4, 0.5) is 0 Å². The van der Waals surface area contributed by atoms with Gasteiger partial charge in [0.05, 0.1) is 23.9 Å². The van der Waals surface area contributed by atoms with Crippen molar-refractivity contribution in [1.82, 2.24) is 15.1 Å². The molecule has 0 unspecified atom stereocenters. The summed E-state index contributed by atoms with van der Waals surface area (Å²) in [6, 6.07) is 8.58. The number of likely N-dealkylation sites (N-methyl/N-ethyl adjacent to an activating group) is 1. The van der Waals surface area contributed by atoms with Crippen LogP contribution in [0.3, 0.4) is 0 Å². The minimum absolute atomic E-state index is 0.101. The molecule has 2 aromatic rings. The topological polar surface area (TPSA) is 39.1 Å². The van der Waals surface area contributed by atoms with E-state index >= 15 is 0 Å². The Kier molecular flexibility index (Phi) is 2.61. The Labute approximate surface area is 101 Å². The van der Waals surface area contributed by atoms with E-state index in [9.17, 15) is 0 Å². The first-order valence-corrected chi connectivity index (χ1v) is 6.04. The summed E-state index contributed by atoms with van der Waals surface area (Å²) in [4.78, 5) is 0. The van der Waals surface area contributed by atoms with Gasteiger partial charge < -0.3 is 10.1 Å². The third-order valence-electron chi connectivity index (χ3n) is 3.29. The minimum Gasteiger partial charge on any atom is -0.368 e. The van der Waals surface area contributed by atoms with Gasteiger partial charge in [-0.25, -0.2) is 0 Å². The molecule has 0 amide bonds. The molecule has 17 heavy (non-hydrogen) atoms. The number of fused-ring (bicyclic) bond motifs is 3. The van der Waals surface area contributed by atoms with E-state index in [1.54, 1.807) is 0 Å². The first-order valence-electron chi connectivity index (χ1n) is 6.04. The van der Waals surface area contributed by atoms with Crippen LogP contribution in [0.15, 0.2) is 24.3 Å². The summed E-state index contributed by atoms with van der Waals surface area (Å²) in [6.45, 7) is 3.70. The summed E-state index contributed by atoms with van der Waals surface area (Å²) >= 11 is 0. The summed E-state index contributed by atoms with van der Waals surface area (Å²) in [7, 11) is 1.95. The molecule has 0 saturated carbocycles. The van der Waals surface area contributed by atoms with Crippen LogP contribution in [-0.4, -0.2) is 30.0 Å². The smallest absolute Gasteiger partial charge is 0.112 e. The molecule has 1 aromatic carbocycles. The fourth-order valence-corrected chi connectivity index (χ4v) is 2.47. The lowest BCUT2D eigenvalue weighted by Gasteiger charge is -2.29. The Morgan fingerprint density at radius 2 is 2.29 bits per heavy atom. The van der Waals surface area contributed by atoms with E-state index in [1.807, 2.05) is 13.1 Å². The number of benzene rings is 1. The van der Waals surface area contributed by atoms with Crippen LogP contribution >= 0.6 is 0 Å². The van der Waals surface area contributed by atoms with Crippen molar-refractivity contribution in [2.24, 2.45) is 0 Å². The average molecular weight is 231 g/mol. The zero-order valence-corrected chi connectivity index (χ0v) is 10.2. The zero-order chi connectivity index (χ0) is 11.8. The van der Waals surface area contributed by atoms with Gasteiger partial charge in [-0.1, -0.05) is 18.2 Å². The SMILES string of the molecule is CNC[C@H]1OC[C@H](C)n2nc3ccccc3c21. The maximum atomic E-state index is 5.90. The first kappa shape index (κ1) is 10.7. The van der Waals surface area contributed by atoms with Gasteiger partial charge in [0.1, 0.15) is 6.10 Å². The summed E-state index contributed by atoms with van der Waals surface area (Å²) < 4.78 is 8.02. The second-order valence-electron chi connectivity index (χ2n) is 4.58. The Hall–Kier alpha value is -1.39. The van der Waals surface area contributed by atoms with Gasteiger partial charge >= 0.3 is 0 Å². The van der Waals surface area contributed by atoms with Crippen molar-refractivity contribution in [2.45, 2.75) is 19.1 Å². The molecule has 4 nitrogen and oxygen atoms in total. The van der Waals surface area contributed by atoms with E-state index in [1.165, 1.54) is 11.1 Å². The Bertz CT molecular complexity index is 534. The maximum absolute atomic E-state index is 5.90. The van der Waals surface area contributed by atoms with E-state index in [-0.39, 0.29) is 6.10 Å². The van der Waals surface area contributed by atoms with Crippen molar-refractivity contribution in [1.29, 1.82) is 0 Å². The molecule has 1 aliphatic heterocycles. The number of ether oxygens (including phenoxy) is 1. The summed E-state index contributed by atoms with van der Waals surface area (Å²) in [6.07, 6.45) is 0.101. The van der Waals surface area contributed by atoms with Crippen LogP contribution in [-0.2, 0) is 4.74 Å². The largest absolute Gasteiger partial charge is 0.368 e. The molecule has 4 heteroatoms. The molecule has 1 aliphatic rings. The summed E-state index contributed by atoms with van der Waals surface area (Å²) in [5.41, 5.74) is 2.26. The molecular weight excluding hydrogens is 214 g/mol. The molecule has 90 valence electrons. The molecule has 0 radical (unpaired) electrons. The fraction of sp³-hybridized carbons (Fsp3) is 0.462. The number of rotatable bonds is 2. The monoisotopic (exact) mass is 231 g/mol. The third kappa shape index (κ3) is 1.64. The van der Waals surface area contributed by atoms with Crippen LogP contribution in [0, 0.1) is 0 Å². The van der Waals surface area contributed by atoms with Gasteiger partial charge in [0, 0.05) is 11.9 Å². The van der Waals surface area contributed by atoms with Crippen molar-refractivity contribution < 1.29 is 4.74 Å². The lowest BCUT2D eigenvalue weighted by Crippen LogP contribution is -2.31. The van der Waals surface area contributed by atoms with Crippen molar-refractivity contribution >= 4 is 10.9 Å². The van der Waals surface area contributed by atoms with Gasteiger partial charge in [-0.3, -0.25) is 4.68 Å². The van der Waals surface area contributed by atoms with Gasteiger partial charge in [0.25, 0.3) is 0 Å². The highest BCUT2D eigenvalue weighted by atomic mass is 16.5. The lowest BCUT2D eigenvalue weighted by molar-refractivity contribution is 0.00220. The minimum atomic E-state index is 0.101. The molecule has 1 N–H and O–H groups in total. The Balaban J connectivity index is 2.19. The van der Waals surface area contributed by atoms with E-state index in [4.69, 9.17) is 4.74 Å². The normalized spacial score (nSPS) is 23.9. The number of nitrogens with one attached hydrogen (secondary N) is 1. The molecule has 0 bridgehead atoms. The third-order valence-corrected chi connectivity index (χ3v) is 3.29. The van der Waals surface area contributed by atoms with Gasteiger partial charge in [0.15, 0.2) is 0 Å². The number of aromatic nitrogens is 2. The zero-order valence-electron chi connectivity index (χ0n) is 10.2. The molecule has 0 aliphatic carbocycles. The van der Waals surface area contributed by atoms with Gasteiger partial charge in [0.2, 0.25) is 0 Å². The molecule has 0 saturated heterocycles. The quantitative estimate of drug-likeness (QED) is 0.857. The highest BCUT2D eigenvalue weighted by molar-refractivity contribution is 5.82. The van der Waals surface area contributed by atoms with Crippen LogP contribution < -0.4 is 5.32 Å². The number of hydrogen-bond acceptors (Lipinski definition) is 3. The second kappa shape index (κ2) is 4.13. The van der Waals surface area contributed by atoms with Gasteiger partial charge in [-0.2, -0.15) is 5.10 Å². The maximum Gasteiger partial charge on any atom is 0.112 e. The summed E-state index contributed by atoms with van der Waals surface area (Å²) in [5, 5.41) is 9.06. The Morgan fingerprint density at radius 1 is 1.47 bits per heavy atom. The average Bonchev–Trinajstić information content (AvgIpc) is 2.73. The van der Waals surface area contributed by atoms with Crippen LogP contribution in [0.2, 0.25) is 0 Å². The molecule has 0 fully saturated rings. The highest BCUT2D eigenvalue weighted by Gasteiger charge is 2.28. The van der Waals surface area contributed by atoms with Crippen molar-refractivity contribution in [3.8, 4) is 0 Å². The van der Waals surface area contributed by atoms with Gasteiger partial charge in [-0.05, 0) is 20.0 Å². The van der Waals surface area contributed by atoms with Crippen molar-refractivity contribution in [3.05, 3.63) is 30.0 Å². The highest BCUT2D eigenvalue weighted by Crippen LogP contribution is 2.32. The van der Waals surface area contributed by atoms with Crippen LogP contribution in [0.25, 0.3) is 10.9 Å². The lowest BCUT2D eigenvalue weighted by atomic mass is 10.1. The molecule has 3 rings (SSSR count).